The molecule has 0 saturated carbocycles. The monoisotopic (exact) mass is 230 g/mol. The van der Waals surface area contributed by atoms with Crippen LogP contribution in [0.15, 0.2) is 18.7 Å². The molecule has 0 amide bonds. The summed E-state index contributed by atoms with van der Waals surface area (Å²) in [6.45, 7) is -0.0428. The van der Waals surface area contributed by atoms with E-state index in [1.165, 1.54) is 0 Å². The molecule has 1 aliphatic rings. The molecule has 1 N–H and O–H groups in total. The van der Waals surface area contributed by atoms with Gasteiger partial charge < -0.3 is 9.67 Å². The zero-order valence-electron chi connectivity index (χ0n) is 8.33. The average Bonchev–Trinajstić information content (AvgIpc) is 2.72. The van der Waals surface area contributed by atoms with Crippen LogP contribution >= 0.6 is 0 Å². The molecule has 0 radical (unpaired) electrons. The highest BCUT2D eigenvalue weighted by Crippen LogP contribution is 2.30. The number of sulfone groups is 1. The van der Waals surface area contributed by atoms with Crippen LogP contribution < -0.4 is 0 Å². The molecule has 1 aromatic rings. The predicted molar refractivity (Wildman–Crippen MR) is 55.2 cm³/mol. The van der Waals surface area contributed by atoms with E-state index < -0.39 is 15.4 Å². The number of aliphatic hydroxyl groups excluding tert-OH is 1. The molecule has 5 nitrogen and oxygen atoms in total. The molecule has 1 saturated heterocycles. The third-order valence-electron chi connectivity index (χ3n) is 3.10. The van der Waals surface area contributed by atoms with Crippen molar-refractivity contribution in [2.45, 2.75) is 18.4 Å². The maximum atomic E-state index is 11.3. The van der Waals surface area contributed by atoms with Gasteiger partial charge in [-0.05, 0) is 12.8 Å². The van der Waals surface area contributed by atoms with Crippen molar-refractivity contribution in [1.82, 2.24) is 9.55 Å². The van der Waals surface area contributed by atoms with Crippen LogP contribution in [0.5, 0.6) is 0 Å². The molecule has 15 heavy (non-hydrogen) atoms. The van der Waals surface area contributed by atoms with Crippen molar-refractivity contribution in [3.05, 3.63) is 18.7 Å². The minimum absolute atomic E-state index is 0.0428. The van der Waals surface area contributed by atoms with Gasteiger partial charge in [0, 0.05) is 12.4 Å². The molecule has 0 bridgehead atoms. The molecule has 0 unspecified atom stereocenters. The van der Waals surface area contributed by atoms with Crippen LogP contribution in [-0.4, -0.2) is 41.2 Å². The maximum Gasteiger partial charge on any atom is 0.150 e. The second-order valence-electron chi connectivity index (χ2n) is 4.00. The van der Waals surface area contributed by atoms with Crippen molar-refractivity contribution in [2.24, 2.45) is 0 Å². The number of imidazole rings is 1. The lowest BCUT2D eigenvalue weighted by molar-refractivity contribution is 0.119. The van der Waals surface area contributed by atoms with Crippen LogP contribution in [0.3, 0.4) is 0 Å². The summed E-state index contributed by atoms with van der Waals surface area (Å²) in [5, 5.41) is 9.44. The molecule has 2 heterocycles. The fourth-order valence-electron chi connectivity index (χ4n) is 1.96. The largest absolute Gasteiger partial charge is 0.394 e. The number of hydrogen-bond donors (Lipinski definition) is 1. The lowest BCUT2D eigenvalue weighted by Gasteiger charge is -2.36. The molecule has 6 heteroatoms. The van der Waals surface area contributed by atoms with Crippen molar-refractivity contribution in [2.75, 3.05) is 18.1 Å². The Labute approximate surface area is 88.7 Å². The molecule has 0 aromatic carbocycles. The summed E-state index contributed by atoms with van der Waals surface area (Å²) in [6, 6.07) is 0. The normalized spacial score (nSPS) is 23.8. The van der Waals surface area contributed by atoms with Crippen LogP contribution in [-0.2, 0) is 15.4 Å². The first-order valence-electron chi connectivity index (χ1n) is 4.88. The van der Waals surface area contributed by atoms with Gasteiger partial charge in [-0.3, -0.25) is 0 Å². The van der Waals surface area contributed by atoms with Crippen LogP contribution in [0.25, 0.3) is 0 Å². The van der Waals surface area contributed by atoms with Gasteiger partial charge in [0.2, 0.25) is 0 Å². The Kier molecular flexibility index (Phi) is 2.56. The SMILES string of the molecule is O=S1(=O)CCC(CO)(n2ccnc2)CC1. The highest BCUT2D eigenvalue weighted by molar-refractivity contribution is 7.91. The van der Waals surface area contributed by atoms with Gasteiger partial charge >= 0.3 is 0 Å². The molecular weight excluding hydrogens is 216 g/mol. The van der Waals surface area contributed by atoms with E-state index in [4.69, 9.17) is 0 Å². The van der Waals surface area contributed by atoms with Gasteiger partial charge in [-0.2, -0.15) is 0 Å². The maximum absolute atomic E-state index is 11.3. The molecule has 0 spiro atoms. The van der Waals surface area contributed by atoms with Crippen molar-refractivity contribution in [3.63, 3.8) is 0 Å². The fraction of sp³-hybridized carbons (Fsp3) is 0.667. The van der Waals surface area contributed by atoms with E-state index in [9.17, 15) is 13.5 Å². The summed E-state index contributed by atoms with van der Waals surface area (Å²) >= 11 is 0. The zero-order chi connectivity index (χ0) is 10.9. The van der Waals surface area contributed by atoms with Crippen molar-refractivity contribution in [1.29, 1.82) is 0 Å². The van der Waals surface area contributed by atoms with Gasteiger partial charge in [0.15, 0.2) is 9.84 Å². The van der Waals surface area contributed by atoms with Crippen LogP contribution in [0.1, 0.15) is 12.8 Å². The second-order valence-corrected chi connectivity index (χ2v) is 6.31. The van der Waals surface area contributed by atoms with Gasteiger partial charge in [0.25, 0.3) is 0 Å². The summed E-state index contributed by atoms with van der Waals surface area (Å²) in [6.07, 6.45) is 5.97. The van der Waals surface area contributed by atoms with E-state index in [0.29, 0.717) is 12.8 Å². The lowest BCUT2D eigenvalue weighted by Crippen LogP contribution is -2.44. The quantitative estimate of drug-likeness (QED) is 0.762. The molecule has 0 aliphatic carbocycles. The van der Waals surface area contributed by atoms with E-state index in [2.05, 4.69) is 4.98 Å². The van der Waals surface area contributed by atoms with Gasteiger partial charge in [0.05, 0.1) is 30.0 Å². The Balaban J connectivity index is 2.26. The Bertz CT molecular complexity index is 410. The standard InChI is InChI=1S/C9H14N2O3S/c12-7-9(11-4-3-10-8-11)1-5-15(13,14)6-2-9/h3-4,8,12H,1-2,5-7H2. The van der Waals surface area contributed by atoms with Crippen LogP contribution in [0, 0.1) is 0 Å². The number of nitrogens with zero attached hydrogens (tertiary/aromatic N) is 2. The Morgan fingerprint density at radius 1 is 1.40 bits per heavy atom. The molecule has 2 rings (SSSR count). The predicted octanol–water partition coefficient (Wildman–Crippen LogP) is -0.221. The summed E-state index contributed by atoms with van der Waals surface area (Å²) in [7, 11) is -2.90. The summed E-state index contributed by atoms with van der Waals surface area (Å²) in [4.78, 5) is 3.93. The van der Waals surface area contributed by atoms with Crippen molar-refractivity contribution >= 4 is 9.84 Å². The van der Waals surface area contributed by atoms with Gasteiger partial charge in [-0.15, -0.1) is 0 Å². The van der Waals surface area contributed by atoms with E-state index >= 15 is 0 Å². The van der Waals surface area contributed by atoms with Crippen molar-refractivity contribution < 1.29 is 13.5 Å². The Morgan fingerprint density at radius 3 is 2.53 bits per heavy atom. The van der Waals surface area contributed by atoms with Crippen molar-refractivity contribution in [3.8, 4) is 0 Å². The number of rotatable bonds is 2. The minimum Gasteiger partial charge on any atom is -0.394 e. The summed E-state index contributed by atoms with van der Waals surface area (Å²) in [5.74, 6) is 0.289. The highest BCUT2D eigenvalue weighted by Gasteiger charge is 2.37. The molecule has 1 fully saturated rings. The van der Waals surface area contributed by atoms with Gasteiger partial charge in [0.1, 0.15) is 0 Å². The minimum atomic E-state index is -2.90. The summed E-state index contributed by atoms with van der Waals surface area (Å²) in [5.41, 5.74) is -0.470. The zero-order valence-corrected chi connectivity index (χ0v) is 9.15. The number of aromatic nitrogens is 2. The first-order valence-corrected chi connectivity index (χ1v) is 6.70. The first-order chi connectivity index (χ1) is 7.08. The summed E-state index contributed by atoms with van der Waals surface area (Å²) < 4.78 is 24.5. The van der Waals surface area contributed by atoms with Gasteiger partial charge in [-0.1, -0.05) is 0 Å². The molecular formula is C9H14N2O3S. The fourth-order valence-corrected chi connectivity index (χ4v) is 3.54. The van der Waals surface area contributed by atoms with E-state index in [1.807, 2.05) is 4.57 Å². The molecule has 84 valence electrons. The Hall–Kier alpha value is -0.880. The molecule has 1 aliphatic heterocycles. The lowest BCUT2D eigenvalue weighted by atomic mass is 9.93. The smallest absolute Gasteiger partial charge is 0.150 e. The van der Waals surface area contributed by atoms with E-state index in [1.54, 1.807) is 18.7 Å². The third kappa shape index (κ3) is 1.91. The number of hydrogen-bond acceptors (Lipinski definition) is 4. The average molecular weight is 230 g/mol. The third-order valence-corrected chi connectivity index (χ3v) is 4.76. The second kappa shape index (κ2) is 3.61. The van der Waals surface area contributed by atoms with Crippen LogP contribution in [0.2, 0.25) is 0 Å². The molecule has 1 aromatic heterocycles. The first kappa shape index (κ1) is 10.6. The van der Waals surface area contributed by atoms with E-state index in [-0.39, 0.29) is 18.1 Å². The highest BCUT2D eigenvalue weighted by atomic mass is 32.2. The molecule has 0 atom stereocenters. The van der Waals surface area contributed by atoms with E-state index in [0.717, 1.165) is 0 Å². The van der Waals surface area contributed by atoms with Gasteiger partial charge in [-0.25, -0.2) is 13.4 Å². The topological polar surface area (TPSA) is 72.2 Å². The van der Waals surface area contributed by atoms with Crippen LogP contribution in [0.4, 0.5) is 0 Å². The Morgan fingerprint density at radius 2 is 2.07 bits per heavy atom. The number of aliphatic hydroxyl groups is 1.